The molecule has 0 aromatic heterocycles. The van der Waals surface area contributed by atoms with Gasteiger partial charge in [0, 0.05) is 19.7 Å². The minimum absolute atomic E-state index is 0.0128. The molecule has 2 amide bonds. The van der Waals surface area contributed by atoms with Crippen molar-refractivity contribution in [2.24, 2.45) is 0 Å². The van der Waals surface area contributed by atoms with Gasteiger partial charge in [0.2, 0.25) is 5.91 Å². The summed E-state index contributed by atoms with van der Waals surface area (Å²) < 4.78 is 0. The van der Waals surface area contributed by atoms with Gasteiger partial charge in [-0.15, -0.1) is 0 Å². The summed E-state index contributed by atoms with van der Waals surface area (Å²) >= 11 is 0. The van der Waals surface area contributed by atoms with E-state index in [-0.39, 0.29) is 18.4 Å². The van der Waals surface area contributed by atoms with Gasteiger partial charge in [-0.1, -0.05) is 24.3 Å². The van der Waals surface area contributed by atoms with Gasteiger partial charge in [-0.05, 0) is 17.7 Å². The summed E-state index contributed by atoms with van der Waals surface area (Å²) in [7, 11) is 3.07. The summed E-state index contributed by atoms with van der Waals surface area (Å²) in [6, 6.07) is 6.91. The molecule has 0 saturated heterocycles. The number of hydrogen-bond donors (Lipinski definition) is 1. The van der Waals surface area contributed by atoms with Crippen molar-refractivity contribution in [3.05, 3.63) is 41.5 Å². The largest absolute Gasteiger partial charge is 0.358 e. The Bertz CT molecular complexity index is 509. The summed E-state index contributed by atoms with van der Waals surface area (Å²) in [5.74, 6) is -0.508. The van der Waals surface area contributed by atoms with E-state index in [1.165, 1.54) is 18.0 Å². The first kappa shape index (κ1) is 14.6. The number of benzene rings is 1. The van der Waals surface area contributed by atoms with Crippen LogP contribution in [0.25, 0.3) is 6.08 Å². The van der Waals surface area contributed by atoms with Crippen molar-refractivity contribution in [2.45, 2.75) is 0 Å². The van der Waals surface area contributed by atoms with E-state index in [1.807, 2.05) is 0 Å². The second-order valence-electron chi connectivity index (χ2n) is 3.92. The maximum absolute atomic E-state index is 12.2. The van der Waals surface area contributed by atoms with Crippen LogP contribution in [-0.2, 0) is 9.59 Å². The number of aldehydes is 1. The molecule has 0 spiro atoms. The number of amides is 2. The van der Waals surface area contributed by atoms with Gasteiger partial charge in [-0.25, -0.2) is 0 Å². The van der Waals surface area contributed by atoms with Crippen LogP contribution < -0.4 is 5.32 Å². The van der Waals surface area contributed by atoms with Crippen molar-refractivity contribution in [3.8, 4) is 0 Å². The number of nitrogens with zero attached hydrogens (tertiary/aromatic N) is 1. The Morgan fingerprint density at radius 1 is 1.32 bits per heavy atom. The molecule has 5 nitrogen and oxygen atoms in total. The van der Waals surface area contributed by atoms with Crippen molar-refractivity contribution in [2.75, 3.05) is 20.6 Å². The SMILES string of the molecule is CNC(=O)CN(C)C(=O)c1ccccc1/C=C/C=O. The zero-order valence-corrected chi connectivity index (χ0v) is 10.9. The van der Waals surface area contributed by atoms with Gasteiger partial charge in [0.15, 0.2) is 0 Å². The standard InChI is InChI=1S/C14H16N2O3/c1-15-13(18)10-16(2)14(19)12-8-4-3-6-11(12)7-5-9-17/h3-9H,10H2,1-2H3,(H,15,18)/b7-5+. The van der Waals surface area contributed by atoms with Crippen molar-refractivity contribution >= 4 is 24.2 Å². The minimum Gasteiger partial charge on any atom is -0.358 e. The van der Waals surface area contributed by atoms with Crippen LogP contribution in [0.3, 0.4) is 0 Å². The van der Waals surface area contributed by atoms with Gasteiger partial charge < -0.3 is 10.2 Å². The van der Waals surface area contributed by atoms with Crippen LogP contribution in [0.5, 0.6) is 0 Å². The molecule has 100 valence electrons. The zero-order chi connectivity index (χ0) is 14.3. The molecule has 0 atom stereocenters. The molecular weight excluding hydrogens is 244 g/mol. The number of allylic oxidation sites excluding steroid dienone is 1. The van der Waals surface area contributed by atoms with Gasteiger partial charge in [0.05, 0.1) is 6.54 Å². The molecule has 0 aliphatic rings. The molecule has 0 fully saturated rings. The van der Waals surface area contributed by atoms with Crippen LogP contribution in [-0.4, -0.2) is 43.6 Å². The highest BCUT2D eigenvalue weighted by atomic mass is 16.2. The van der Waals surface area contributed by atoms with E-state index in [9.17, 15) is 14.4 Å². The van der Waals surface area contributed by atoms with Crippen LogP contribution in [0, 0.1) is 0 Å². The van der Waals surface area contributed by atoms with Crippen LogP contribution in [0.1, 0.15) is 15.9 Å². The molecule has 1 aromatic carbocycles. The van der Waals surface area contributed by atoms with E-state index in [2.05, 4.69) is 5.32 Å². The second-order valence-corrected chi connectivity index (χ2v) is 3.92. The topological polar surface area (TPSA) is 66.5 Å². The number of carbonyl (C=O) groups is 3. The molecule has 0 aliphatic heterocycles. The average molecular weight is 260 g/mol. The van der Waals surface area contributed by atoms with Gasteiger partial charge >= 0.3 is 0 Å². The predicted molar refractivity (Wildman–Crippen MR) is 72.6 cm³/mol. The highest BCUT2D eigenvalue weighted by Crippen LogP contribution is 2.12. The molecule has 0 bridgehead atoms. The maximum Gasteiger partial charge on any atom is 0.254 e. The van der Waals surface area contributed by atoms with Crippen molar-refractivity contribution in [3.63, 3.8) is 0 Å². The second kappa shape index (κ2) is 7.10. The fourth-order valence-corrected chi connectivity index (χ4v) is 1.55. The Hall–Kier alpha value is -2.43. The molecule has 1 rings (SSSR count). The summed E-state index contributed by atoms with van der Waals surface area (Å²) in [5.41, 5.74) is 1.09. The number of rotatable bonds is 5. The lowest BCUT2D eigenvalue weighted by Crippen LogP contribution is -2.37. The zero-order valence-electron chi connectivity index (χ0n) is 10.9. The van der Waals surface area contributed by atoms with Crippen LogP contribution in [0.4, 0.5) is 0 Å². The first-order valence-corrected chi connectivity index (χ1v) is 5.77. The summed E-state index contributed by atoms with van der Waals surface area (Å²) in [4.78, 5) is 35.1. The predicted octanol–water partition coefficient (Wildman–Crippen LogP) is 0.717. The van der Waals surface area contributed by atoms with Crippen LogP contribution in [0.15, 0.2) is 30.3 Å². The summed E-state index contributed by atoms with van der Waals surface area (Å²) in [5, 5.41) is 2.46. The number of likely N-dealkylation sites (N-methyl/N-ethyl adjacent to an activating group) is 2. The number of carbonyl (C=O) groups excluding carboxylic acids is 3. The molecular formula is C14H16N2O3. The summed E-state index contributed by atoms with van der Waals surface area (Å²) in [6.07, 6.45) is 3.54. The average Bonchev–Trinajstić information content (AvgIpc) is 2.44. The maximum atomic E-state index is 12.2. The third kappa shape index (κ3) is 4.06. The molecule has 0 aliphatic carbocycles. The third-order valence-electron chi connectivity index (χ3n) is 2.55. The van der Waals surface area contributed by atoms with Gasteiger partial charge in [0.1, 0.15) is 6.29 Å². The van der Waals surface area contributed by atoms with E-state index in [0.717, 1.165) is 0 Å². The number of nitrogens with one attached hydrogen (secondary N) is 1. The Balaban J connectivity index is 2.95. The molecule has 1 aromatic rings. The van der Waals surface area contributed by atoms with E-state index in [1.54, 1.807) is 37.4 Å². The minimum atomic E-state index is -0.269. The van der Waals surface area contributed by atoms with Crippen molar-refractivity contribution in [1.82, 2.24) is 10.2 Å². The first-order valence-electron chi connectivity index (χ1n) is 5.77. The van der Waals surface area contributed by atoms with Gasteiger partial charge in [-0.2, -0.15) is 0 Å². The Labute approximate surface area is 111 Å². The molecule has 0 heterocycles. The molecule has 5 heteroatoms. The van der Waals surface area contributed by atoms with Crippen LogP contribution >= 0.6 is 0 Å². The molecule has 0 unspecified atom stereocenters. The molecule has 0 radical (unpaired) electrons. The molecule has 1 N–H and O–H groups in total. The highest BCUT2D eigenvalue weighted by molar-refractivity contribution is 5.99. The fraction of sp³-hybridized carbons (Fsp3) is 0.214. The van der Waals surface area contributed by atoms with E-state index < -0.39 is 0 Å². The third-order valence-corrected chi connectivity index (χ3v) is 2.55. The summed E-state index contributed by atoms with van der Waals surface area (Å²) in [6.45, 7) is -0.0128. The quantitative estimate of drug-likeness (QED) is 0.626. The number of hydrogen-bond acceptors (Lipinski definition) is 3. The smallest absolute Gasteiger partial charge is 0.254 e. The Morgan fingerprint density at radius 2 is 2.00 bits per heavy atom. The van der Waals surface area contributed by atoms with Gasteiger partial charge in [-0.3, -0.25) is 14.4 Å². The van der Waals surface area contributed by atoms with Crippen LogP contribution in [0.2, 0.25) is 0 Å². The van der Waals surface area contributed by atoms with E-state index in [4.69, 9.17) is 0 Å². The lowest BCUT2D eigenvalue weighted by Gasteiger charge is -2.17. The van der Waals surface area contributed by atoms with Crippen molar-refractivity contribution < 1.29 is 14.4 Å². The van der Waals surface area contributed by atoms with Gasteiger partial charge in [0.25, 0.3) is 5.91 Å². The van der Waals surface area contributed by atoms with Crippen molar-refractivity contribution in [1.29, 1.82) is 0 Å². The lowest BCUT2D eigenvalue weighted by molar-refractivity contribution is -0.121. The molecule has 19 heavy (non-hydrogen) atoms. The van der Waals surface area contributed by atoms with E-state index in [0.29, 0.717) is 17.4 Å². The highest BCUT2D eigenvalue weighted by Gasteiger charge is 2.16. The normalized spacial score (nSPS) is 10.2. The first-order chi connectivity index (χ1) is 9.10. The lowest BCUT2D eigenvalue weighted by atomic mass is 10.1. The Kier molecular flexibility index (Phi) is 5.47. The Morgan fingerprint density at radius 3 is 2.63 bits per heavy atom. The fourth-order valence-electron chi connectivity index (χ4n) is 1.55. The molecule has 0 saturated carbocycles. The van der Waals surface area contributed by atoms with E-state index >= 15 is 0 Å². The monoisotopic (exact) mass is 260 g/mol.